The standard InChI is InChI=1S/C20H18BrN3O/c1-13-10-14(6-8-16(13)21)19-9-7-15(25-19)11-22-12-20-23-17-4-2-3-5-18(17)24-20/h2-10,22H,11-12H2,1H3,(H,23,24). The third-order valence-corrected chi connectivity index (χ3v) is 5.02. The van der Waals surface area contributed by atoms with Crippen LogP contribution in [-0.2, 0) is 13.1 Å². The second kappa shape index (κ2) is 6.86. The quantitative estimate of drug-likeness (QED) is 0.489. The minimum Gasteiger partial charge on any atom is -0.460 e. The van der Waals surface area contributed by atoms with Crippen molar-refractivity contribution in [3.8, 4) is 11.3 Å². The molecule has 2 aromatic carbocycles. The first-order valence-corrected chi connectivity index (χ1v) is 8.98. The molecule has 0 aliphatic heterocycles. The van der Waals surface area contributed by atoms with Crippen molar-refractivity contribution in [3.63, 3.8) is 0 Å². The molecule has 25 heavy (non-hydrogen) atoms. The van der Waals surface area contributed by atoms with Gasteiger partial charge in [0.2, 0.25) is 0 Å². The lowest BCUT2D eigenvalue weighted by Gasteiger charge is -2.02. The van der Waals surface area contributed by atoms with Gasteiger partial charge in [-0.3, -0.25) is 0 Å². The lowest BCUT2D eigenvalue weighted by atomic mass is 10.1. The Bertz CT molecular complexity index is 986. The number of hydrogen-bond donors (Lipinski definition) is 2. The van der Waals surface area contributed by atoms with Gasteiger partial charge in [0.25, 0.3) is 0 Å². The number of aryl methyl sites for hydroxylation is 1. The Morgan fingerprint density at radius 1 is 1.08 bits per heavy atom. The van der Waals surface area contributed by atoms with Gasteiger partial charge in [-0.05, 0) is 48.9 Å². The predicted molar refractivity (Wildman–Crippen MR) is 103 cm³/mol. The van der Waals surface area contributed by atoms with Gasteiger partial charge in [-0.1, -0.05) is 34.1 Å². The number of para-hydroxylation sites is 2. The lowest BCUT2D eigenvalue weighted by Crippen LogP contribution is -2.13. The number of benzene rings is 2. The van der Waals surface area contributed by atoms with Crippen LogP contribution in [0, 0.1) is 6.92 Å². The van der Waals surface area contributed by atoms with E-state index in [-0.39, 0.29) is 0 Å². The largest absolute Gasteiger partial charge is 0.460 e. The van der Waals surface area contributed by atoms with Crippen molar-refractivity contribution in [3.05, 3.63) is 76.2 Å². The summed E-state index contributed by atoms with van der Waals surface area (Å²) in [7, 11) is 0. The summed E-state index contributed by atoms with van der Waals surface area (Å²) in [5.74, 6) is 2.72. The van der Waals surface area contributed by atoms with Crippen molar-refractivity contribution < 1.29 is 4.42 Å². The second-order valence-electron chi connectivity index (χ2n) is 6.03. The van der Waals surface area contributed by atoms with Crippen molar-refractivity contribution in [2.75, 3.05) is 0 Å². The number of halogens is 1. The van der Waals surface area contributed by atoms with Crippen LogP contribution >= 0.6 is 15.9 Å². The second-order valence-corrected chi connectivity index (χ2v) is 6.89. The number of rotatable bonds is 5. The molecule has 0 bridgehead atoms. The van der Waals surface area contributed by atoms with Crippen LogP contribution < -0.4 is 5.32 Å². The van der Waals surface area contributed by atoms with Crippen LogP contribution in [0.1, 0.15) is 17.1 Å². The Morgan fingerprint density at radius 2 is 1.96 bits per heavy atom. The molecule has 0 spiro atoms. The summed E-state index contributed by atoms with van der Waals surface area (Å²) in [6.07, 6.45) is 0. The zero-order chi connectivity index (χ0) is 17.2. The third kappa shape index (κ3) is 3.52. The van der Waals surface area contributed by atoms with Gasteiger partial charge in [0.05, 0.1) is 24.1 Å². The van der Waals surface area contributed by atoms with Crippen LogP contribution in [0.5, 0.6) is 0 Å². The van der Waals surface area contributed by atoms with Crippen molar-refractivity contribution in [1.29, 1.82) is 0 Å². The fraction of sp³-hybridized carbons (Fsp3) is 0.150. The monoisotopic (exact) mass is 395 g/mol. The van der Waals surface area contributed by atoms with Gasteiger partial charge in [0.15, 0.2) is 0 Å². The Hall–Kier alpha value is -2.37. The van der Waals surface area contributed by atoms with Crippen LogP contribution in [0.15, 0.2) is 63.5 Å². The minimum atomic E-state index is 0.659. The van der Waals surface area contributed by atoms with Crippen molar-refractivity contribution in [2.24, 2.45) is 0 Å². The van der Waals surface area contributed by atoms with Crippen molar-refractivity contribution >= 4 is 27.0 Å². The summed E-state index contributed by atoms with van der Waals surface area (Å²) in [5, 5.41) is 3.37. The minimum absolute atomic E-state index is 0.659. The summed E-state index contributed by atoms with van der Waals surface area (Å²) in [4.78, 5) is 7.88. The molecule has 4 aromatic rings. The molecule has 0 radical (unpaired) electrons. The number of furan rings is 1. The van der Waals surface area contributed by atoms with Crippen molar-refractivity contribution in [1.82, 2.24) is 15.3 Å². The summed E-state index contributed by atoms with van der Waals surface area (Å²) < 4.78 is 7.06. The van der Waals surface area contributed by atoms with Gasteiger partial charge in [0, 0.05) is 10.0 Å². The predicted octanol–water partition coefficient (Wildman–Crippen LogP) is 5.18. The molecule has 0 saturated carbocycles. The highest BCUT2D eigenvalue weighted by Crippen LogP contribution is 2.26. The number of nitrogens with zero attached hydrogens (tertiary/aromatic N) is 1. The van der Waals surface area contributed by atoms with Gasteiger partial charge >= 0.3 is 0 Å². The third-order valence-electron chi connectivity index (χ3n) is 4.13. The number of imidazole rings is 1. The van der Waals surface area contributed by atoms with E-state index in [4.69, 9.17) is 4.42 Å². The molecule has 5 heteroatoms. The van der Waals surface area contributed by atoms with Gasteiger partial charge in [0.1, 0.15) is 17.3 Å². The van der Waals surface area contributed by atoms with E-state index in [1.165, 1.54) is 5.56 Å². The highest BCUT2D eigenvalue weighted by atomic mass is 79.9. The molecule has 2 heterocycles. The number of fused-ring (bicyclic) bond motifs is 1. The molecule has 4 rings (SSSR count). The van der Waals surface area contributed by atoms with Crippen LogP contribution in [0.3, 0.4) is 0 Å². The van der Waals surface area contributed by atoms with E-state index < -0.39 is 0 Å². The van der Waals surface area contributed by atoms with E-state index in [2.05, 4.69) is 50.3 Å². The van der Waals surface area contributed by atoms with E-state index in [1.54, 1.807) is 0 Å². The maximum Gasteiger partial charge on any atom is 0.134 e. The first kappa shape index (κ1) is 16.1. The first-order chi connectivity index (χ1) is 12.2. The molecule has 2 N–H and O–H groups in total. The molecule has 0 atom stereocenters. The molecule has 2 aromatic heterocycles. The number of aromatic amines is 1. The van der Waals surface area contributed by atoms with Gasteiger partial charge in [-0.25, -0.2) is 4.98 Å². The average Bonchev–Trinajstić information content (AvgIpc) is 3.24. The molecule has 0 aliphatic carbocycles. The topological polar surface area (TPSA) is 53.9 Å². The lowest BCUT2D eigenvalue weighted by molar-refractivity contribution is 0.491. The first-order valence-electron chi connectivity index (χ1n) is 8.18. The van der Waals surface area contributed by atoms with Crippen LogP contribution in [0.2, 0.25) is 0 Å². The average molecular weight is 396 g/mol. The van der Waals surface area contributed by atoms with E-state index in [9.17, 15) is 0 Å². The van der Waals surface area contributed by atoms with E-state index in [0.29, 0.717) is 13.1 Å². The number of nitrogens with one attached hydrogen (secondary N) is 2. The normalized spacial score (nSPS) is 11.3. The summed E-state index contributed by atoms with van der Waals surface area (Å²) >= 11 is 3.53. The summed E-state index contributed by atoms with van der Waals surface area (Å²) in [5.41, 5.74) is 4.33. The highest BCUT2D eigenvalue weighted by molar-refractivity contribution is 9.10. The Balaban J connectivity index is 1.40. The molecule has 0 unspecified atom stereocenters. The fourth-order valence-electron chi connectivity index (χ4n) is 2.82. The van der Waals surface area contributed by atoms with Crippen LogP contribution in [0.4, 0.5) is 0 Å². The SMILES string of the molecule is Cc1cc(-c2ccc(CNCc3nc4ccccc4[nH]3)o2)ccc1Br. The number of H-pyrrole nitrogens is 1. The molecule has 4 nitrogen and oxygen atoms in total. The summed E-state index contributed by atoms with van der Waals surface area (Å²) in [6.45, 7) is 3.40. The number of hydrogen-bond acceptors (Lipinski definition) is 3. The molecular formula is C20H18BrN3O. The van der Waals surface area contributed by atoms with E-state index in [1.807, 2.05) is 42.5 Å². The maximum absolute atomic E-state index is 5.95. The zero-order valence-corrected chi connectivity index (χ0v) is 15.4. The van der Waals surface area contributed by atoms with E-state index >= 15 is 0 Å². The van der Waals surface area contributed by atoms with Crippen molar-refractivity contribution in [2.45, 2.75) is 20.0 Å². The Kier molecular flexibility index (Phi) is 4.42. The van der Waals surface area contributed by atoms with Crippen LogP contribution in [-0.4, -0.2) is 9.97 Å². The smallest absolute Gasteiger partial charge is 0.134 e. The Labute approximate surface area is 154 Å². The summed E-state index contributed by atoms with van der Waals surface area (Å²) in [6, 6.07) is 18.3. The molecule has 0 fully saturated rings. The molecular weight excluding hydrogens is 378 g/mol. The number of aromatic nitrogens is 2. The maximum atomic E-state index is 5.95. The molecule has 0 amide bonds. The zero-order valence-electron chi connectivity index (χ0n) is 13.8. The fourth-order valence-corrected chi connectivity index (χ4v) is 3.07. The molecule has 0 saturated heterocycles. The van der Waals surface area contributed by atoms with Gasteiger partial charge < -0.3 is 14.7 Å². The van der Waals surface area contributed by atoms with Crippen LogP contribution in [0.25, 0.3) is 22.4 Å². The highest BCUT2D eigenvalue weighted by Gasteiger charge is 2.07. The molecule has 126 valence electrons. The van der Waals surface area contributed by atoms with Gasteiger partial charge in [-0.15, -0.1) is 0 Å². The van der Waals surface area contributed by atoms with Gasteiger partial charge in [-0.2, -0.15) is 0 Å². The Morgan fingerprint density at radius 3 is 2.80 bits per heavy atom. The molecule has 0 aliphatic rings. The van der Waals surface area contributed by atoms with E-state index in [0.717, 1.165) is 38.4 Å².